The van der Waals surface area contributed by atoms with Crippen molar-refractivity contribution in [3.63, 3.8) is 0 Å². The van der Waals surface area contributed by atoms with Crippen molar-refractivity contribution in [1.29, 1.82) is 0 Å². The third kappa shape index (κ3) is 3.37. The number of hydrogen-bond donors (Lipinski definition) is 1. The molecule has 2 unspecified atom stereocenters. The number of carbonyl (C=O) groups is 2. The minimum Gasteiger partial charge on any atom is -0.495 e. The molecule has 2 heterocycles. The van der Waals surface area contributed by atoms with Crippen LogP contribution in [0, 0.1) is 5.92 Å². The van der Waals surface area contributed by atoms with Crippen molar-refractivity contribution in [3.05, 3.63) is 24.0 Å². The number of nitrogens with one attached hydrogen (secondary N) is 1. The molecule has 1 saturated carbocycles. The Morgan fingerprint density at radius 1 is 1.42 bits per heavy atom. The van der Waals surface area contributed by atoms with Crippen LogP contribution in [0.2, 0.25) is 0 Å². The van der Waals surface area contributed by atoms with Gasteiger partial charge >= 0.3 is 0 Å². The average molecular weight is 331 g/mol. The summed E-state index contributed by atoms with van der Waals surface area (Å²) in [6.07, 6.45) is 8.16. The van der Waals surface area contributed by atoms with E-state index < -0.39 is 0 Å². The number of pyridine rings is 1. The first-order valence-corrected chi connectivity index (χ1v) is 8.68. The Kier molecular flexibility index (Phi) is 5.02. The Morgan fingerprint density at radius 3 is 2.88 bits per heavy atom. The van der Waals surface area contributed by atoms with Gasteiger partial charge in [0, 0.05) is 30.8 Å². The second kappa shape index (κ2) is 7.20. The van der Waals surface area contributed by atoms with Crippen LogP contribution in [0.5, 0.6) is 5.75 Å². The highest BCUT2D eigenvalue weighted by Gasteiger charge is 2.38. The number of hydrogen-bond acceptors (Lipinski definition) is 4. The Balaban J connectivity index is 1.61. The molecule has 2 amide bonds. The smallest absolute Gasteiger partial charge is 0.225 e. The lowest BCUT2D eigenvalue weighted by Gasteiger charge is -2.24. The van der Waals surface area contributed by atoms with Crippen molar-refractivity contribution in [2.24, 2.45) is 5.92 Å². The molecular weight excluding hydrogens is 306 g/mol. The molecule has 1 aliphatic heterocycles. The van der Waals surface area contributed by atoms with E-state index in [0.717, 1.165) is 18.4 Å². The fourth-order valence-corrected chi connectivity index (χ4v) is 3.80. The zero-order chi connectivity index (χ0) is 17.1. The van der Waals surface area contributed by atoms with E-state index >= 15 is 0 Å². The van der Waals surface area contributed by atoms with Crippen LogP contribution < -0.4 is 10.1 Å². The summed E-state index contributed by atoms with van der Waals surface area (Å²) >= 11 is 0. The predicted octanol–water partition coefficient (Wildman–Crippen LogP) is 2.06. The van der Waals surface area contributed by atoms with E-state index in [9.17, 15) is 9.59 Å². The van der Waals surface area contributed by atoms with E-state index in [0.29, 0.717) is 24.8 Å². The average Bonchev–Trinajstić information content (AvgIpc) is 3.23. The van der Waals surface area contributed by atoms with Gasteiger partial charge in [-0.05, 0) is 25.8 Å². The minimum atomic E-state index is -0.256. The summed E-state index contributed by atoms with van der Waals surface area (Å²) in [5.74, 6) is 0.458. The number of ether oxygens (including phenoxy) is 1. The van der Waals surface area contributed by atoms with E-state index in [-0.39, 0.29) is 23.8 Å². The molecule has 0 aromatic carbocycles. The van der Waals surface area contributed by atoms with Crippen LogP contribution in [-0.2, 0) is 9.59 Å². The molecule has 2 atom stereocenters. The quantitative estimate of drug-likeness (QED) is 0.896. The highest BCUT2D eigenvalue weighted by Crippen LogP contribution is 2.30. The van der Waals surface area contributed by atoms with Crippen LogP contribution in [0.4, 0.5) is 0 Å². The van der Waals surface area contributed by atoms with E-state index in [4.69, 9.17) is 4.74 Å². The summed E-state index contributed by atoms with van der Waals surface area (Å²) in [4.78, 5) is 30.8. The fraction of sp³-hybridized carbons (Fsp3) is 0.611. The first-order chi connectivity index (χ1) is 11.6. The van der Waals surface area contributed by atoms with Crippen LogP contribution in [0.25, 0.3) is 0 Å². The van der Waals surface area contributed by atoms with Gasteiger partial charge in [-0.15, -0.1) is 0 Å². The third-order valence-electron chi connectivity index (χ3n) is 5.16. The topological polar surface area (TPSA) is 71.5 Å². The minimum absolute atomic E-state index is 0.0600. The number of carbonyl (C=O) groups excluding carboxylic acids is 2. The van der Waals surface area contributed by atoms with Gasteiger partial charge in [0.25, 0.3) is 0 Å². The first-order valence-electron chi connectivity index (χ1n) is 8.68. The maximum absolute atomic E-state index is 12.6. The van der Waals surface area contributed by atoms with Crippen LogP contribution in [0.15, 0.2) is 18.5 Å². The monoisotopic (exact) mass is 331 g/mol. The predicted molar refractivity (Wildman–Crippen MR) is 89.4 cm³/mol. The molecule has 24 heavy (non-hydrogen) atoms. The van der Waals surface area contributed by atoms with Crippen molar-refractivity contribution in [2.75, 3.05) is 13.7 Å². The Hall–Kier alpha value is -2.11. The van der Waals surface area contributed by atoms with Crippen LogP contribution in [-0.4, -0.2) is 41.4 Å². The zero-order valence-corrected chi connectivity index (χ0v) is 14.3. The molecule has 1 aromatic rings. The first kappa shape index (κ1) is 16.7. The Bertz CT molecular complexity index is 613. The van der Waals surface area contributed by atoms with Crippen LogP contribution in [0.3, 0.4) is 0 Å². The van der Waals surface area contributed by atoms with Gasteiger partial charge < -0.3 is 15.0 Å². The molecule has 0 radical (unpaired) electrons. The van der Waals surface area contributed by atoms with Gasteiger partial charge in [-0.2, -0.15) is 0 Å². The molecule has 2 aliphatic rings. The fourth-order valence-electron chi connectivity index (χ4n) is 3.80. The van der Waals surface area contributed by atoms with Gasteiger partial charge in [0.05, 0.1) is 25.3 Å². The molecule has 6 nitrogen and oxygen atoms in total. The summed E-state index contributed by atoms with van der Waals surface area (Å²) in [5.41, 5.74) is 0.887. The molecule has 130 valence electrons. The number of likely N-dealkylation sites (tertiary alicyclic amines) is 1. The zero-order valence-electron chi connectivity index (χ0n) is 14.3. The summed E-state index contributed by atoms with van der Waals surface area (Å²) in [7, 11) is 1.59. The molecule has 2 fully saturated rings. The number of amides is 2. The number of aromatic nitrogens is 1. The van der Waals surface area contributed by atoms with Crippen molar-refractivity contribution in [3.8, 4) is 5.75 Å². The number of rotatable bonds is 5. The lowest BCUT2D eigenvalue weighted by atomic mass is 10.1. The van der Waals surface area contributed by atoms with E-state index in [1.165, 1.54) is 12.8 Å². The normalized spacial score (nSPS) is 22.7. The lowest BCUT2D eigenvalue weighted by molar-refractivity contribution is -0.130. The number of nitrogens with zero attached hydrogens (tertiary/aromatic N) is 2. The van der Waals surface area contributed by atoms with Crippen molar-refractivity contribution in [2.45, 2.75) is 51.1 Å². The van der Waals surface area contributed by atoms with Crippen LogP contribution >= 0.6 is 0 Å². The van der Waals surface area contributed by atoms with Gasteiger partial charge in [0.1, 0.15) is 5.75 Å². The molecule has 1 saturated heterocycles. The molecule has 6 heteroatoms. The maximum Gasteiger partial charge on any atom is 0.225 e. The van der Waals surface area contributed by atoms with Crippen molar-refractivity contribution < 1.29 is 14.3 Å². The summed E-state index contributed by atoms with van der Waals surface area (Å²) in [6, 6.07) is 1.99. The number of methoxy groups -OCH3 is 1. The van der Waals surface area contributed by atoms with Crippen molar-refractivity contribution >= 4 is 11.8 Å². The summed E-state index contributed by atoms with van der Waals surface area (Å²) in [6.45, 7) is 2.47. The highest BCUT2D eigenvalue weighted by molar-refractivity contribution is 5.89. The summed E-state index contributed by atoms with van der Waals surface area (Å²) in [5, 5.41) is 3.02. The van der Waals surface area contributed by atoms with Gasteiger partial charge in [-0.3, -0.25) is 14.6 Å². The van der Waals surface area contributed by atoms with Crippen molar-refractivity contribution in [1.82, 2.24) is 15.2 Å². The van der Waals surface area contributed by atoms with E-state index in [1.807, 2.05) is 17.9 Å². The second-order valence-corrected chi connectivity index (χ2v) is 6.73. The van der Waals surface area contributed by atoms with Crippen LogP contribution in [0.1, 0.15) is 50.6 Å². The summed E-state index contributed by atoms with van der Waals surface area (Å²) < 4.78 is 5.30. The van der Waals surface area contributed by atoms with Gasteiger partial charge in [-0.25, -0.2) is 0 Å². The van der Waals surface area contributed by atoms with E-state index in [1.54, 1.807) is 19.5 Å². The SMILES string of the molecule is COc1cnccc1C(C)NC(=O)C1CC(=O)N(C2CCCC2)C1. The molecule has 0 spiro atoms. The molecule has 1 N–H and O–H groups in total. The molecule has 0 bridgehead atoms. The standard InChI is InChI=1S/C18H25N3O3/c1-12(15-7-8-19-10-16(15)24-2)20-18(23)13-9-17(22)21(11-13)14-5-3-4-6-14/h7-8,10,12-14H,3-6,9,11H2,1-2H3,(H,20,23). The third-order valence-corrected chi connectivity index (χ3v) is 5.16. The Morgan fingerprint density at radius 2 is 2.17 bits per heavy atom. The highest BCUT2D eigenvalue weighted by atomic mass is 16.5. The Labute approximate surface area is 142 Å². The maximum atomic E-state index is 12.6. The molecule has 1 aliphatic carbocycles. The van der Waals surface area contributed by atoms with Gasteiger partial charge in [0.15, 0.2) is 0 Å². The van der Waals surface area contributed by atoms with Gasteiger partial charge in [-0.1, -0.05) is 12.8 Å². The lowest BCUT2D eigenvalue weighted by Crippen LogP contribution is -2.37. The molecular formula is C18H25N3O3. The second-order valence-electron chi connectivity index (χ2n) is 6.73. The van der Waals surface area contributed by atoms with E-state index in [2.05, 4.69) is 10.3 Å². The van der Waals surface area contributed by atoms with Gasteiger partial charge in [0.2, 0.25) is 11.8 Å². The molecule has 1 aromatic heterocycles. The largest absolute Gasteiger partial charge is 0.495 e. The molecule has 3 rings (SSSR count).